The first-order valence-corrected chi connectivity index (χ1v) is 10.7. The van der Waals surface area contributed by atoms with Crippen molar-refractivity contribution in [2.24, 2.45) is 0 Å². The van der Waals surface area contributed by atoms with Crippen LogP contribution in [0.5, 0.6) is 11.6 Å². The topological polar surface area (TPSA) is 77.7 Å². The normalized spacial score (nSPS) is 15.1. The number of ether oxygens (including phenoxy) is 2. The van der Waals surface area contributed by atoms with Gasteiger partial charge in [0.25, 0.3) is 0 Å². The average Bonchev–Trinajstić information content (AvgIpc) is 3.02. The molecule has 0 amide bonds. The fraction of sp³-hybridized carbons (Fsp3) is 0.318. The lowest BCUT2D eigenvalue weighted by atomic mass is 10.2. The van der Waals surface area contributed by atoms with E-state index in [4.69, 9.17) is 23.9 Å². The van der Waals surface area contributed by atoms with Crippen LogP contribution < -0.4 is 10.4 Å². The number of hydrogen-bond donors (Lipinski definition) is 0. The van der Waals surface area contributed by atoms with Crippen LogP contribution in [0.15, 0.2) is 39.5 Å². The van der Waals surface area contributed by atoms with Crippen molar-refractivity contribution >= 4 is 32.5 Å². The first-order valence-electron chi connectivity index (χ1n) is 9.85. The summed E-state index contributed by atoms with van der Waals surface area (Å²) < 4.78 is 16.9. The van der Waals surface area contributed by atoms with Crippen molar-refractivity contribution in [3.63, 3.8) is 0 Å². The third-order valence-electron chi connectivity index (χ3n) is 5.32. The molecule has 1 aliphatic heterocycles. The summed E-state index contributed by atoms with van der Waals surface area (Å²) in [6, 6.07) is 8.59. The van der Waals surface area contributed by atoms with Crippen molar-refractivity contribution in [2.45, 2.75) is 20.4 Å². The minimum atomic E-state index is -0.388. The van der Waals surface area contributed by atoms with Gasteiger partial charge < -0.3 is 13.9 Å². The smallest absolute Gasteiger partial charge is 0.336 e. The van der Waals surface area contributed by atoms with Crippen molar-refractivity contribution in [3.8, 4) is 11.6 Å². The Morgan fingerprint density at radius 2 is 1.93 bits per heavy atom. The van der Waals surface area contributed by atoms with Crippen LogP contribution in [-0.4, -0.2) is 41.2 Å². The minimum absolute atomic E-state index is 0.388. The van der Waals surface area contributed by atoms with Gasteiger partial charge in [-0.1, -0.05) is 0 Å². The van der Waals surface area contributed by atoms with Crippen molar-refractivity contribution in [2.75, 3.05) is 26.3 Å². The summed E-state index contributed by atoms with van der Waals surface area (Å²) in [5, 5.41) is 1.77. The number of morpholine rings is 1. The quantitative estimate of drug-likeness (QED) is 0.459. The predicted octanol–water partition coefficient (Wildman–Crippen LogP) is 4.04. The summed E-state index contributed by atoms with van der Waals surface area (Å²) in [5.74, 6) is 1.83. The monoisotopic (exact) mass is 423 g/mol. The lowest BCUT2D eigenvalue weighted by Crippen LogP contribution is -2.36. The van der Waals surface area contributed by atoms with E-state index < -0.39 is 0 Å². The number of nitrogens with zero attached hydrogens (tertiary/aromatic N) is 3. The van der Waals surface area contributed by atoms with Gasteiger partial charge in [0.1, 0.15) is 22.0 Å². The van der Waals surface area contributed by atoms with Crippen molar-refractivity contribution in [3.05, 3.63) is 57.0 Å². The van der Waals surface area contributed by atoms with Crippen LogP contribution in [0.1, 0.15) is 16.3 Å². The van der Waals surface area contributed by atoms with Crippen molar-refractivity contribution in [1.29, 1.82) is 0 Å². The van der Waals surface area contributed by atoms with Gasteiger partial charge in [-0.3, -0.25) is 4.90 Å². The number of hydrogen-bond acceptors (Lipinski definition) is 8. The minimum Gasteiger partial charge on any atom is -0.438 e. The molecule has 0 spiro atoms. The summed E-state index contributed by atoms with van der Waals surface area (Å²) in [7, 11) is 0. The molecule has 30 heavy (non-hydrogen) atoms. The van der Waals surface area contributed by atoms with Crippen LogP contribution in [0.3, 0.4) is 0 Å². The van der Waals surface area contributed by atoms with E-state index in [1.165, 1.54) is 10.9 Å². The fourth-order valence-electron chi connectivity index (χ4n) is 3.57. The zero-order chi connectivity index (χ0) is 20.7. The van der Waals surface area contributed by atoms with Crippen LogP contribution in [0, 0.1) is 13.8 Å². The van der Waals surface area contributed by atoms with Crippen LogP contribution >= 0.6 is 11.3 Å². The molecule has 0 bridgehead atoms. The highest BCUT2D eigenvalue weighted by molar-refractivity contribution is 7.18. The summed E-state index contributed by atoms with van der Waals surface area (Å²) in [5.41, 5.74) is 1.22. The molecule has 0 unspecified atom stereocenters. The second-order valence-corrected chi connectivity index (χ2v) is 8.56. The molecule has 4 heterocycles. The molecule has 7 nitrogen and oxygen atoms in total. The molecule has 4 aromatic rings. The number of benzene rings is 1. The highest BCUT2D eigenvalue weighted by Gasteiger charge is 2.19. The summed E-state index contributed by atoms with van der Waals surface area (Å²) in [6.45, 7) is 7.98. The molecule has 5 rings (SSSR count). The maximum Gasteiger partial charge on any atom is 0.336 e. The van der Waals surface area contributed by atoms with Crippen LogP contribution in [0.2, 0.25) is 0 Å². The molecule has 0 radical (unpaired) electrons. The van der Waals surface area contributed by atoms with E-state index in [0.29, 0.717) is 23.8 Å². The predicted molar refractivity (Wildman–Crippen MR) is 116 cm³/mol. The Hall–Kier alpha value is -2.81. The molecule has 0 atom stereocenters. The van der Waals surface area contributed by atoms with E-state index in [2.05, 4.69) is 18.7 Å². The van der Waals surface area contributed by atoms with E-state index in [1.807, 2.05) is 12.1 Å². The zero-order valence-corrected chi connectivity index (χ0v) is 17.6. The second kappa shape index (κ2) is 7.79. The summed E-state index contributed by atoms with van der Waals surface area (Å²) in [6.07, 6.45) is 0. The Kier molecular flexibility index (Phi) is 4.98. The van der Waals surface area contributed by atoms with Gasteiger partial charge in [-0.25, -0.2) is 9.78 Å². The van der Waals surface area contributed by atoms with E-state index in [9.17, 15) is 4.79 Å². The van der Waals surface area contributed by atoms with Gasteiger partial charge in [-0.05, 0) is 37.6 Å². The standard InChI is InChI=1S/C22H21N3O4S/c1-13-14(2)30-22-20(13)21(23-18(24-22)12-25-7-9-27-10-8-25)28-16-5-3-15-4-6-19(26)29-17(15)11-16/h3-6,11H,7-10,12H2,1-2H3. The van der Waals surface area contributed by atoms with Crippen LogP contribution in [0.25, 0.3) is 21.2 Å². The molecule has 8 heteroatoms. The molecule has 0 saturated carbocycles. The molecule has 1 aliphatic rings. The highest BCUT2D eigenvalue weighted by Crippen LogP contribution is 2.37. The Morgan fingerprint density at radius 1 is 1.13 bits per heavy atom. The van der Waals surface area contributed by atoms with Gasteiger partial charge in [0, 0.05) is 35.5 Å². The number of fused-ring (bicyclic) bond motifs is 2. The molecular weight excluding hydrogens is 402 g/mol. The average molecular weight is 423 g/mol. The first kappa shape index (κ1) is 19.2. The maximum absolute atomic E-state index is 11.6. The number of thiophene rings is 1. The fourth-order valence-corrected chi connectivity index (χ4v) is 4.61. The Bertz CT molecular complexity index is 1290. The third kappa shape index (κ3) is 3.69. The molecular formula is C22H21N3O4S. The molecule has 154 valence electrons. The number of aromatic nitrogens is 2. The van der Waals surface area contributed by atoms with Gasteiger partial charge in [0.2, 0.25) is 5.88 Å². The van der Waals surface area contributed by atoms with E-state index in [0.717, 1.165) is 53.3 Å². The Balaban J connectivity index is 1.55. The molecule has 1 saturated heterocycles. The van der Waals surface area contributed by atoms with E-state index in [-0.39, 0.29) is 5.63 Å². The van der Waals surface area contributed by atoms with E-state index in [1.54, 1.807) is 23.5 Å². The van der Waals surface area contributed by atoms with Crippen molar-refractivity contribution < 1.29 is 13.9 Å². The number of aryl methyl sites for hydroxylation is 2. The highest BCUT2D eigenvalue weighted by atomic mass is 32.1. The molecule has 3 aromatic heterocycles. The Labute approximate surface area is 176 Å². The lowest BCUT2D eigenvalue weighted by Gasteiger charge is -2.25. The summed E-state index contributed by atoms with van der Waals surface area (Å²) in [4.78, 5) is 25.5. The van der Waals surface area contributed by atoms with Gasteiger partial charge >= 0.3 is 5.63 Å². The SMILES string of the molecule is Cc1sc2nc(CN3CCOCC3)nc(Oc3ccc4ccc(=O)oc4c3)c2c1C. The first-order chi connectivity index (χ1) is 14.6. The maximum atomic E-state index is 11.6. The van der Waals surface area contributed by atoms with Crippen molar-refractivity contribution in [1.82, 2.24) is 14.9 Å². The van der Waals surface area contributed by atoms with Crippen LogP contribution in [-0.2, 0) is 11.3 Å². The molecule has 1 fully saturated rings. The lowest BCUT2D eigenvalue weighted by molar-refractivity contribution is 0.0330. The largest absolute Gasteiger partial charge is 0.438 e. The number of rotatable bonds is 4. The van der Waals surface area contributed by atoms with Gasteiger partial charge in [-0.2, -0.15) is 4.98 Å². The second-order valence-electron chi connectivity index (χ2n) is 7.35. The molecule has 0 aliphatic carbocycles. The van der Waals surface area contributed by atoms with Gasteiger partial charge in [0.05, 0.1) is 25.1 Å². The summed E-state index contributed by atoms with van der Waals surface area (Å²) >= 11 is 1.65. The zero-order valence-electron chi connectivity index (χ0n) is 16.8. The third-order valence-corrected chi connectivity index (χ3v) is 6.42. The van der Waals surface area contributed by atoms with Gasteiger partial charge in [-0.15, -0.1) is 11.3 Å². The van der Waals surface area contributed by atoms with Gasteiger partial charge in [0.15, 0.2) is 0 Å². The van der Waals surface area contributed by atoms with Crippen LogP contribution in [0.4, 0.5) is 0 Å². The Morgan fingerprint density at radius 3 is 2.77 bits per heavy atom. The van der Waals surface area contributed by atoms with E-state index >= 15 is 0 Å². The molecule has 1 aromatic carbocycles. The molecule has 0 N–H and O–H groups in total.